The SMILES string of the molecule is O=S1(=O)CCNCC1C([C](Cl)Cl)c1ccccc1. The minimum Gasteiger partial charge on any atom is -0.314 e. The summed E-state index contributed by atoms with van der Waals surface area (Å²) in [6, 6.07) is 9.26. The van der Waals surface area contributed by atoms with Gasteiger partial charge in [0.15, 0.2) is 14.7 Å². The van der Waals surface area contributed by atoms with Crippen molar-refractivity contribution in [3.05, 3.63) is 40.7 Å². The van der Waals surface area contributed by atoms with E-state index in [0.717, 1.165) is 5.56 Å². The van der Waals surface area contributed by atoms with Gasteiger partial charge < -0.3 is 5.32 Å². The van der Waals surface area contributed by atoms with E-state index in [1.807, 2.05) is 30.3 Å². The van der Waals surface area contributed by atoms with Crippen LogP contribution >= 0.6 is 23.2 Å². The van der Waals surface area contributed by atoms with Crippen LogP contribution in [0.15, 0.2) is 30.3 Å². The van der Waals surface area contributed by atoms with Crippen molar-refractivity contribution in [1.29, 1.82) is 0 Å². The first-order chi connectivity index (χ1) is 8.52. The highest BCUT2D eigenvalue weighted by Crippen LogP contribution is 2.39. The molecule has 1 aromatic carbocycles. The number of hydrogen-bond donors (Lipinski definition) is 1. The number of halogens is 2. The average Bonchev–Trinajstić information content (AvgIpc) is 2.32. The van der Waals surface area contributed by atoms with E-state index >= 15 is 0 Å². The molecule has 0 spiro atoms. The summed E-state index contributed by atoms with van der Waals surface area (Å²) in [4.78, 5) is 0.0958. The highest BCUT2D eigenvalue weighted by molar-refractivity contribution is 7.92. The van der Waals surface area contributed by atoms with Gasteiger partial charge in [-0.3, -0.25) is 0 Å². The second-order valence-corrected chi connectivity index (χ2v) is 7.63. The van der Waals surface area contributed by atoms with Gasteiger partial charge in [-0.15, -0.1) is 0 Å². The molecule has 1 aliphatic rings. The molecule has 1 saturated heterocycles. The Bertz CT molecular complexity index is 490. The number of hydrogen-bond acceptors (Lipinski definition) is 3. The molecule has 0 bridgehead atoms. The Morgan fingerprint density at radius 3 is 2.50 bits per heavy atom. The van der Waals surface area contributed by atoms with E-state index in [-0.39, 0.29) is 10.6 Å². The van der Waals surface area contributed by atoms with Crippen molar-refractivity contribution in [3.8, 4) is 0 Å². The van der Waals surface area contributed by atoms with Gasteiger partial charge >= 0.3 is 0 Å². The van der Waals surface area contributed by atoms with Gasteiger partial charge in [0.05, 0.1) is 11.0 Å². The molecule has 1 radical (unpaired) electrons. The molecule has 6 heteroatoms. The summed E-state index contributed by atoms with van der Waals surface area (Å²) in [6.45, 7) is 0.866. The van der Waals surface area contributed by atoms with Crippen LogP contribution in [0.2, 0.25) is 0 Å². The molecule has 0 saturated carbocycles. The Morgan fingerprint density at radius 1 is 1.28 bits per heavy atom. The maximum absolute atomic E-state index is 12.1. The van der Waals surface area contributed by atoms with Crippen LogP contribution in [0.25, 0.3) is 0 Å². The number of rotatable bonds is 3. The summed E-state index contributed by atoms with van der Waals surface area (Å²) in [5.74, 6) is -0.352. The molecule has 1 aromatic rings. The van der Waals surface area contributed by atoms with Crippen LogP contribution in [0.5, 0.6) is 0 Å². The fourth-order valence-electron chi connectivity index (χ4n) is 2.20. The summed E-state index contributed by atoms with van der Waals surface area (Å²) in [5, 5.41) is 2.49. The lowest BCUT2D eigenvalue weighted by Crippen LogP contribution is -2.47. The van der Waals surface area contributed by atoms with E-state index in [1.165, 1.54) is 0 Å². The van der Waals surface area contributed by atoms with Crippen molar-refractivity contribution in [2.24, 2.45) is 0 Å². The third kappa shape index (κ3) is 2.99. The Morgan fingerprint density at radius 2 is 1.94 bits per heavy atom. The minimum absolute atomic E-state index is 0.0958. The fraction of sp³-hybridized carbons (Fsp3) is 0.417. The number of benzene rings is 1. The van der Waals surface area contributed by atoms with E-state index in [9.17, 15) is 8.42 Å². The van der Waals surface area contributed by atoms with Crippen LogP contribution in [-0.2, 0) is 9.84 Å². The van der Waals surface area contributed by atoms with Gasteiger partial charge in [-0.25, -0.2) is 8.42 Å². The van der Waals surface area contributed by atoms with Crippen molar-refractivity contribution in [3.63, 3.8) is 0 Å². The van der Waals surface area contributed by atoms with Crippen LogP contribution in [0, 0.1) is 4.84 Å². The first-order valence-corrected chi connectivity index (χ1v) is 8.14. The maximum Gasteiger partial charge on any atom is 0.159 e. The van der Waals surface area contributed by atoms with E-state index in [0.29, 0.717) is 13.1 Å². The molecule has 3 nitrogen and oxygen atoms in total. The van der Waals surface area contributed by atoms with E-state index in [2.05, 4.69) is 5.32 Å². The van der Waals surface area contributed by atoms with Gasteiger partial charge in [-0.05, 0) is 5.56 Å². The predicted molar refractivity (Wildman–Crippen MR) is 74.6 cm³/mol. The van der Waals surface area contributed by atoms with Gasteiger partial charge in [0.2, 0.25) is 0 Å². The third-order valence-electron chi connectivity index (χ3n) is 3.14. The standard InChI is InChI=1S/C12H14Cl2NO2S/c13-12(14)11(9-4-2-1-3-5-9)10-8-15-6-7-18(10,16)17/h1-5,10-11,15H,6-8H2. The molecule has 0 aliphatic carbocycles. The zero-order chi connectivity index (χ0) is 13.2. The van der Waals surface area contributed by atoms with Crippen molar-refractivity contribution >= 4 is 33.0 Å². The Labute approximate surface area is 117 Å². The van der Waals surface area contributed by atoms with Crippen LogP contribution in [0.3, 0.4) is 0 Å². The molecule has 1 fully saturated rings. The van der Waals surface area contributed by atoms with E-state index in [4.69, 9.17) is 23.2 Å². The molecule has 1 heterocycles. The van der Waals surface area contributed by atoms with Crippen LogP contribution in [0.4, 0.5) is 0 Å². The fourth-order valence-corrected chi connectivity index (χ4v) is 4.72. The highest BCUT2D eigenvalue weighted by Gasteiger charge is 2.39. The molecule has 1 aliphatic heterocycles. The van der Waals surface area contributed by atoms with Crippen molar-refractivity contribution in [2.45, 2.75) is 11.2 Å². The normalized spacial score (nSPS) is 24.9. The highest BCUT2D eigenvalue weighted by atomic mass is 35.5. The largest absolute Gasteiger partial charge is 0.314 e. The van der Waals surface area contributed by atoms with Crippen LogP contribution in [-0.4, -0.2) is 32.5 Å². The van der Waals surface area contributed by atoms with Gasteiger partial charge in [-0.2, -0.15) is 0 Å². The summed E-state index contributed by atoms with van der Waals surface area (Å²) >= 11 is 11.9. The second kappa shape index (κ2) is 5.78. The minimum atomic E-state index is -3.17. The lowest BCUT2D eigenvalue weighted by atomic mass is 9.97. The maximum atomic E-state index is 12.1. The van der Waals surface area contributed by atoms with E-state index in [1.54, 1.807) is 0 Å². The summed E-state index contributed by atoms with van der Waals surface area (Å²) in [7, 11) is -3.17. The van der Waals surface area contributed by atoms with Crippen molar-refractivity contribution in [2.75, 3.05) is 18.8 Å². The molecule has 18 heavy (non-hydrogen) atoms. The quantitative estimate of drug-likeness (QED) is 0.930. The van der Waals surface area contributed by atoms with Gasteiger partial charge in [-0.1, -0.05) is 53.5 Å². The zero-order valence-corrected chi connectivity index (χ0v) is 12.0. The van der Waals surface area contributed by atoms with E-state index < -0.39 is 21.0 Å². The zero-order valence-electron chi connectivity index (χ0n) is 9.64. The molecule has 99 valence electrons. The van der Waals surface area contributed by atoms with Gasteiger partial charge in [0, 0.05) is 19.0 Å². The van der Waals surface area contributed by atoms with Crippen molar-refractivity contribution < 1.29 is 8.42 Å². The second-order valence-electron chi connectivity index (χ2n) is 4.29. The average molecular weight is 307 g/mol. The molecule has 0 amide bonds. The molecule has 2 unspecified atom stereocenters. The summed E-state index contributed by atoms with van der Waals surface area (Å²) in [6.07, 6.45) is 0. The van der Waals surface area contributed by atoms with Crippen molar-refractivity contribution in [1.82, 2.24) is 5.32 Å². The number of sulfone groups is 1. The Kier molecular flexibility index (Phi) is 4.54. The number of nitrogens with one attached hydrogen (secondary N) is 1. The Hall–Kier alpha value is -0.290. The molecule has 0 aromatic heterocycles. The van der Waals surface area contributed by atoms with Gasteiger partial charge in [0.25, 0.3) is 0 Å². The molecule has 2 rings (SSSR count). The van der Waals surface area contributed by atoms with Crippen LogP contribution in [0.1, 0.15) is 11.5 Å². The first kappa shape index (κ1) is 14.1. The smallest absolute Gasteiger partial charge is 0.159 e. The monoisotopic (exact) mass is 306 g/mol. The molecule has 2 atom stereocenters. The van der Waals surface area contributed by atoms with Gasteiger partial charge in [0.1, 0.15) is 0 Å². The summed E-state index contributed by atoms with van der Waals surface area (Å²) in [5.41, 5.74) is 0.828. The Balaban J connectivity index is 2.37. The lowest BCUT2D eigenvalue weighted by molar-refractivity contribution is 0.526. The first-order valence-electron chi connectivity index (χ1n) is 5.67. The third-order valence-corrected chi connectivity index (χ3v) is 5.74. The molecular weight excluding hydrogens is 293 g/mol. The molecular formula is C12H14Cl2NO2S. The topological polar surface area (TPSA) is 46.2 Å². The lowest BCUT2D eigenvalue weighted by Gasteiger charge is -2.31. The summed E-state index contributed by atoms with van der Waals surface area (Å²) < 4.78 is 24.3. The predicted octanol–water partition coefficient (Wildman–Crippen LogP) is 2.12. The van der Waals surface area contributed by atoms with Crippen LogP contribution < -0.4 is 5.32 Å². The molecule has 1 N–H and O–H groups in total.